The highest BCUT2D eigenvalue weighted by Crippen LogP contribution is 2.35. The Balaban J connectivity index is 2.38. The second-order valence-electron chi connectivity index (χ2n) is 3.55. The molecule has 0 saturated heterocycles. The van der Waals surface area contributed by atoms with Gasteiger partial charge >= 0.3 is 6.36 Å². The van der Waals surface area contributed by atoms with Crippen molar-refractivity contribution in [3.8, 4) is 16.9 Å². The average molecular weight is 273 g/mol. The summed E-state index contributed by atoms with van der Waals surface area (Å²) in [7, 11) is 0. The quantitative estimate of drug-likeness (QED) is 0.923. The van der Waals surface area contributed by atoms with Gasteiger partial charge in [0.25, 0.3) is 0 Å². The summed E-state index contributed by atoms with van der Waals surface area (Å²) in [6.07, 6.45) is -4.69. The highest BCUT2D eigenvalue weighted by molar-refractivity contribution is 7.10. The van der Waals surface area contributed by atoms with E-state index in [1.807, 2.05) is 0 Å². The molecule has 96 valence electrons. The minimum Gasteiger partial charge on any atom is -0.405 e. The Labute approximate surface area is 106 Å². The molecule has 0 saturated carbocycles. The number of ether oxygens (including phenoxy) is 1. The molecule has 0 fully saturated rings. The third-order valence-corrected chi connectivity index (χ3v) is 3.24. The van der Waals surface area contributed by atoms with Crippen LogP contribution in [-0.4, -0.2) is 6.36 Å². The molecule has 2 rings (SSSR count). The number of hydrogen-bond donors (Lipinski definition) is 1. The monoisotopic (exact) mass is 273 g/mol. The zero-order valence-corrected chi connectivity index (χ0v) is 10.0. The van der Waals surface area contributed by atoms with Gasteiger partial charge in [-0.3, -0.25) is 0 Å². The molecule has 2 nitrogen and oxygen atoms in total. The van der Waals surface area contributed by atoms with E-state index in [4.69, 9.17) is 5.73 Å². The van der Waals surface area contributed by atoms with Crippen LogP contribution in [0.3, 0.4) is 0 Å². The first-order valence-corrected chi connectivity index (χ1v) is 6.00. The lowest BCUT2D eigenvalue weighted by Gasteiger charge is -2.12. The molecular weight excluding hydrogens is 263 g/mol. The molecule has 0 unspecified atom stereocenters. The van der Waals surface area contributed by atoms with Gasteiger partial charge < -0.3 is 10.5 Å². The second-order valence-corrected chi connectivity index (χ2v) is 4.55. The van der Waals surface area contributed by atoms with Crippen LogP contribution in [0.1, 0.15) is 4.88 Å². The standard InChI is InChI=1S/C12H10F3NOS/c13-12(14,15)17-11-4-2-1-3-10(11)8-5-9(6-16)18-7-8/h1-5,7H,6,16H2. The van der Waals surface area contributed by atoms with Crippen molar-refractivity contribution in [1.82, 2.24) is 0 Å². The Morgan fingerprint density at radius 3 is 2.56 bits per heavy atom. The van der Waals surface area contributed by atoms with Gasteiger partial charge in [0.2, 0.25) is 0 Å². The van der Waals surface area contributed by atoms with Crippen molar-refractivity contribution < 1.29 is 17.9 Å². The first kappa shape index (κ1) is 12.9. The fraction of sp³-hybridized carbons (Fsp3) is 0.167. The summed E-state index contributed by atoms with van der Waals surface area (Å²) in [5.74, 6) is -0.202. The molecule has 0 spiro atoms. The third kappa shape index (κ3) is 3.02. The number of benzene rings is 1. The van der Waals surface area contributed by atoms with E-state index >= 15 is 0 Å². The second kappa shape index (κ2) is 4.99. The SMILES string of the molecule is NCc1cc(-c2ccccc2OC(F)(F)F)cs1. The maximum absolute atomic E-state index is 12.3. The Kier molecular flexibility index (Phi) is 3.58. The van der Waals surface area contributed by atoms with Crippen LogP contribution in [0.25, 0.3) is 11.1 Å². The number of para-hydroxylation sites is 1. The molecule has 0 aliphatic heterocycles. The summed E-state index contributed by atoms with van der Waals surface area (Å²) in [5.41, 5.74) is 6.57. The van der Waals surface area contributed by atoms with Crippen molar-refractivity contribution in [2.24, 2.45) is 5.73 Å². The smallest absolute Gasteiger partial charge is 0.405 e. The molecule has 0 aliphatic carbocycles. The van der Waals surface area contributed by atoms with Crippen molar-refractivity contribution in [3.63, 3.8) is 0 Å². The third-order valence-electron chi connectivity index (χ3n) is 2.28. The average Bonchev–Trinajstić information content (AvgIpc) is 2.76. The molecule has 2 aromatic rings. The summed E-state index contributed by atoms with van der Waals surface area (Å²) in [6, 6.07) is 7.81. The zero-order valence-electron chi connectivity index (χ0n) is 9.20. The van der Waals surface area contributed by atoms with Gasteiger partial charge in [0, 0.05) is 17.0 Å². The van der Waals surface area contributed by atoms with E-state index in [-0.39, 0.29) is 5.75 Å². The van der Waals surface area contributed by atoms with Crippen LogP contribution in [0.15, 0.2) is 35.7 Å². The largest absolute Gasteiger partial charge is 0.573 e. The Morgan fingerprint density at radius 2 is 1.94 bits per heavy atom. The van der Waals surface area contributed by atoms with E-state index in [2.05, 4.69) is 4.74 Å². The van der Waals surface area contributed by atoms with Crippen LogP contribution in [-0.2, 0) is 6.54 Å². The van der Waals surface area contributed by atoms with Crippen molar-refractivity contribution >= 4 is 11.3 Å². The van der Waals surface area contributed by atoms with Gasteiger partial charge in [-0.15, -0.1) is 24.5 Å². The van der Waals surface area contributed by atoms with Gasteiger partial charge in [0.15, 0.2) is 0 Å². The number of rotatable bonds is 3. The van der Waals surface area contributed by atoms with Crippen LogP contribution in [0.2, 0.25) is 0 Å². The van der Waals surface area contributed by atoms with Crippen LogP contribution < -0.4 is 10.5 Å². The molecule has 2 N–H and O–H groups in total. The molecule has 6 heteroatoms. The topological polar surface area (TPSA) is 35.2 Å². The van der Waals surface area contributed by atoms with E-state index in [0.29, 0.717) is 17.7 Å². The van der Waals surface area contributed by atoms with Crippen LogP contribution in [0, 0.1) is 0 Å². The molecule has 0 atom stereocenters. The molecule has 0 aliphatic rings. The van der Waals surface area contributed by atoms with Crippen molar-refractivity contribution in [3.05, 3.63) is 40.6 Å². The lowest BCUT2D eigenvalue weighted by Crippen LogP contribution is -2.17. The van der Waals surface area contributed by atoms with E-state index in [1.54, 1.807) is 23.6 Å². The Hall–Kier alpha value is -1.53. The van der Waals surface area contributed by atoms with Gasteiger partial charge in [-0.2, -0.15) is 0 Å². The van der Waals surface area contributed by atoms with Crippen LogP contribution >= 0.6 is 11.3 Å². The van der Waals surface area contributed by atoms with E-state index in [1.165, 1.54) is 23.5 Å². The summed E-state index contributed by atoms with van der Waals surface area (Å²) < 4.78 is 40.8. The molecule has 18 heavy (non-hydrogen) atoms. The maximum atomic E-state index is 12.3. The summed E-state index contributed by atoms with van der Waals surface area (Å²) >= 11 is 1.41. The van der Waals surface area contributed by atoms with Crippen molar-refractivity contribution in [2.75, 3.05) is 0 Å². The normalized spacial score (nSPS) is 11.6. The maximum Gasteiger partial charge on any atom is 0.573 e. The molecule has 1 heterocycles. The van der Waals surface area contributed by atoms with Gasteiger partial charge in [-0.05, 0) is 23.1 Å². The van der Waals surface area contributed by atoms with Gasteiger partial charge in [0.05, 0.1) is 0 Å². The van der Waals surface area contributed by atoms with E-state index in [0.717, 1.165) is 4.88 Å². The van der Waals surface area contributed by atoms with Crippen molar-refractivity contribution in [1.29, 1.82) is 0 Å². The highest BCUT2D eigenvalue weighted by Gasteiger charge is 2.32. The number of hydrogen-bond acceptors (Lipinski definition) is 3. The highest BCUT2D eigenvalue weighted by atomic mass is 32.1. The molecule has 0 radical (unpaired) electrons. The van der Waals surface area contributed by atoms with E-state index in [9.17, 15) is 13.2 Å². The number of alkyl halides is 3. The Morgan fingerprint density at radius 1 is 1.22 bits per heavy atom. The summed E-state index contributed by atoms with van der Waals surface area (Å²) in [6.45, 7) is 0.368. The van der Waals surface area contributed by atoms with Gasteiger partial charge in [-0.25, -0.2) is 0 Å². The number of nitrogens with two attached hydrogens (primary N) is 1. The number of thiophene rings is 1. The summed E-state index contributed by atoms with van der Waals surface area (Å²) in [5, 5.41) is 1.76. The molecule has 0 amide bonds. The van der Waals surface area contributed by atoms with E-state index < -0.39 is 6.36 Å². The van der Waals surface area contributed by atoms with Crippen LogP contribution in [0.4, 0.5) is 13.2 Å². The van der Waals surface area contributed by atoms with Gasteiger partial charge in [-0.1, -0.05) is 18.2 Å². The summed E-state index contributed by atoms with van der Waals surface area (Å²) in [4.78, 5) is 0.909. The molecule has 1 aromatic heterocycles. The predicted molar refractivity (Wildman–Crippen MR) is 64.3 cm³/mol. The lowest BCUT2D eigenvalue weighted by atomic mass is 10.1. The van der Waals surface area contributed by atoms with Crippen LogP contribution in [0.5, 0.6) is 5.75 Å². The lowest BCUT2D eigenvalue weighted by molar-refractivity contribution is -0.274. The molecular formula is C12H10F3NOS. The number of halogens is 3. The fourth-order valence-corrected chi connectivity index (χ4v) is 2.31. The minimum atomic E-state index is -4.69. The predicted octanol–water partition coefficient (Wildman–Crippen LogP) is 3.77. The van der Waals surface area contributed by atoms with Gasteiger partial charge in [0.1, 0.15) is 5.75 Å². The fourth-order valence-electron chi connectivity index (χ4n) is 1.55. The zero-order chi connectivity index (χ0) is 13.2. The molecule has 1 aromatic carbocycles. The Bertz CT molecular complexity index is 536. The van der Waals surface area contributed by atoms with Crippen molar-refractivity contribution in [2.45, 2.75) is 12.9 Å². The first-order chi connectivity index (χ1) is 8.49. The molecule has 0 bridgehead atoms. The first-order valence-electron chi connectivity index (χ1n) is 5.12. The minimum absolute atomic E-state index is 0.202.